The molecule has 0 spiro atoms. The van der Waals surface area contributed by atoms with Crippen LogP contribution in [0.25, 0.3) is 10.9 Å². The van der Waals surface area contributed by atoms with Gasteiger partial charge in [-0.3, -0.25) is 9.40 Å². The molecule has 1 aromatic carbocycles. The zero-order valence-corrected chi connectivity index (χ0v) is 19.2. The van der Waals surface area contributed by atoms with E-state index in [2.05, 4.69) is 31.6 Å². The molecule has 0 aliphatic rings. The van der Waals surface area contributed by atoms with Crippen LogP contribution in [0.3, 0.4) is 0 Å². The third-order valence-corrected chi connectivity index (χ3v) is 6.18. The van der Waals surface area contributed by atoms with E-state index in [1.165, 1.54) is 24.2 Å². The summed E-state index contributed by atoms with van der Waals surface area (Å²) in [4.78, 5) is 7.37. The number of nitrogens with two attached hydrogens (primary N) is 1. The molecule has 34 heavy (non-hydrogen) atoms. The number of ether oxygens (including phenoxy) is 1. The summed E-state index contributed by atoms with van der Waals surface area (Å²) in [6.45, 7) is 0. The Bertz CT molecular complexity index is 1610. The van der Waals surface area contributed by atoms with Gasteiger partial charge in [0.25, 0.3) is 10.0 Å². The quantitative estimate of drug-likeness (QED) is 0.409. The van der Waals surface area contributed by atoms with Gasteiger partial charge in [0.15, 0.2) is 10.7 Å². The lowest BCUT2D eigenvalue weighted by Gasteiger charge is -2.12. The Kier molecular flexibility index (Phi) is 5.99. The van der Waals surface area contributed by atoms with Crippen molar-refractivity contribution in [2.45, 2.75) is 4.90 Å². The number of sulfonamides is 1. The Morgan fingerprint density at radius 2 is 1.97 bits per heavy atom. The van der Waals surface area contributed by atoms with Crippen molar-refractivity contribution in [1.82, 2.24) is 19.7 Å². The molecule has 0 amide bonds. The normalized spacial score (nSPS) is 11.2. The summed E-state index contributed by atoms with van der Waals surface area (Å²) in [6.07, 6.45) is 4.16. The molecule has 3 heterocycles. The summed E-state index contributed by atoms with van der Waals surface area (Å²) in [5.41, 5.74) is 5.33. The van der Waals surface area contributed by atoms with Gasteiger partial charge < -0.3 is 10.5 Å². The topological polar surface area (TPSA) is 125 Å². The first-order chi connectivity index (χ1) is 16.1. The predicted octanol–water partition coefficient (Wildman–Crippen LogP) is 3.09. The summed E-state index contributed by atoms with van der Waals surface area (Å²) in [5, 5.41) is 4.79. The highest BCUT2D eigenvalue weighted by Crippen LogP contribution is 2.29. The van der Waals surface area contributed by atoms with Crippen molar-refractivity contribution in [3.63, 3.8) is 0 Å². The van der Waals surface area contributed by atoms with Crippen LogP contribution in [0.15, 0.2) is 41.7 Å². The van der Waals surface area contributed by atoms with Crippen LogP contribution >= 0.6 is 11.6 Å². The number of benzene rings is 1. The van der Waals surface area contributed by atoms with Crippen LogP contribution in [0.5, 0.6) is 5.88 Å². The summed E-state index contributed by atoms with van der Waals surface area (Å²) >= 11 is 5.84. The highest BCUT2D eigenvalue weighted by atomic mass is 35.5. The molecule has 0 bridgehead atoms. The molecule has 174 valence electrons. The van der Waals surface area contributed by atoms with Crippen LogP contribution in [0.4, 0.5) is 20.3 Å². The van der Waals surface area contributed by atoms with E-state index in [1.54, 1.807) is 13.2 Å². The van der Waals surface area contributed by atoms with Crippen LogP contribution in [0.1, 0.15) is 11.1 Å². The van der Waals surface area contributed by atoms with Crippen molar-refractivity contribution in [3.8, 4) is 17.7 Å². The fourth-order valence-electron chi connectivity index (χ4n) is 3.06. The Labute approximate surface area is 197 Å². The van der Waals surface area contributed by atoms with Crippen LogP contribution in [-0.2, 0) is 17.1 Å². The largest absolute Gasteiger partial charge is 0.480 e. The molecule has 4 aromatic rings. The van der Waals surface area contributed by atoms with Gasteiger partial charge in [-0.25, -0.2) is 27.2 Å². The maximum absolute atomic E-state index is 15.1. The van der Waals surface area contributed by atoms with E-state index < -0.39 is 37.8 Å². The number of pyridine rings is 2. The zero-order chi connectivity index (χ0) is 24.6. The molecule has 3 N–H and O–H groups in total. The number of nitrogens with one attached hydrogen (secondary N) is 1. The first kappa shape index (κ1) is 23.2. The van der Waals surface area contributed by atoms with Gasteiger partial charge in [0.2, 0.25) is 5.88 Å². The first-order valence-electron chi connectivity index (χ1n) is 9.41. The monoisotopic (exact) mass is 504 g/mol. The minimum absolute atomic E-state index is 0.0188. The van der Waals surface area contributed by atoms with Crippen LogP contribution in [0, 0.1) is 23.5 Å². The van der Waals surface area contributed by atoms with Gasteiger partial charge >= 0.3 is 0 Å². The van der Waals surface area contributed by atoms with Crippen molar-refractivity contribution >= 4 is 44.0 Å². The molecule has 3 aromatic heterocycles. The Balaban J connectivity index is 1.75. The standard InChI is InChI=1S/C21H15ClF2N6O3S/c1-30-10-14-19(28-30)11(8-26-20(14)25)3-4-13-15(23)5-6-16(18(13)24)29-34(31,32)17-7-12(22)9-27-21(17)33-2/h5-10,29H,1-2H3,(H2,25,26). The molecule has 0 atom stereocenters. The molecular weight excluding hydrogens is 490 g/mol. The number of fused-ring (bicyclic) bond motifs is 1. The minimum atomic E-state index is -4.40. The van der Waals surface area contributed by atoms with E-state index >= 15 is 4.39 Å². The number of aromatic nitrogens is 4. The van der Waals surface area contributed by atoms with Gasteiger partial charge in [0, 0.05) is 25.6 Å². The number of anilines is 2. The molecular formula is C21H15ClF2N6O3S. The van der Waals surface area contributed by atoms with E-state index in [0.717, 1.165) is 18.2 Å². The lowest BCUT2D eigenvalue weighted by molar-refractivity contribution is 0.385. The lowest BCUT2D eigenvalue weighted by atomic mass is 10.1. The second-order valence-electron chi connectivity index (χ2n) is 6.92. The maximum Gasteiger partial charge on any atom is 0.267 e. The molecule has 0 fully saturated rings. The maximum atomic E-state index is 15.1. The second-order valence-corrected chi connectivity index (χ2v) is 9.01. The van der Waals surface area contributed by atoms with E-state index in [9.17, 15) is 12.8 Å². The van der Waals surface area contributed by atoms with E-state index in [4.69, 9.17) is 22.1 Å². The van der Waals surface area contributed by atoms with Gasteiger partial charge in [-0.1, -0.05) is 23.4 Å². The third kappa shape index (κ3) is 4.30. The smallest absolute Gasteiger partial charge is 0.267 e. The average molecular weight is 505 g/mol. The number of nitrogens with zero attached hydrogens (tertiary/aromatic N) is 4. The van der Waals surface area contributed by atoms with Crippen molar-refractivity contribution in [2.75, 3.05) is 17.6 Å². The van der Waals surface area contributed by atoms with Crippen molar-refractivity contribution in [2.24, 2.45) is 7.05 Å². The van der Waals surface area contributed by atoms with Crippen molar-refractivity contribution < 1.29 is 21.9 Å². The molecule has 0 unspecified atom stereocenters. The Morgan fingerprint density at radius 1 is 1.21 bits per heavy atom. The Morgan fingerprint density at radius 3 is 2.71 bits per heavy atom. The van der Waals surface area contributed by atoms with Crippen molar-refractivity contribution in [3.05, 3.63) is 64.6 Å². The number of rotatable bonds is 4. The molecule has 0 aliphatic heterocycles. The zero-order valence-electron chi connectivity index (χ0n) is 17.6. The number of aryl methyl sites for hydroxylation is 1. The van der Waals surface area contributed by atoms with E-state index in [-0.39, 0.29) is 22.3 Å². The number of methoxy groups -OCH3 is 1. The molecule has 0 saturated heterocycles. The fourth-order valence-corrected chi connectivity index (χ4v) is 4.49. The SMILES string of the molecule is COc1ncc(Cl)cc1S(=O)(=O)Nc1ccc(F)c(C#Cc2cnc(N)c3cn(C)nc23)c1F. The highest BCUT2D eigenvalue weighted by Gasteiger charge is 2.24. The summed E-state index contributed by atoms with van der Waals surface area (Å²) in [6, 6.07) is 2.90. The van der Waals surface area contributed by atoms with Gasteiger partial charge in [0.1, 0.15) is 17.2 Å². The van der Waals surface area contributed by atoms with Crippen LogP contribution in [-0.4, -0.2) is 35.3 Å². The average Bonchev–Trinajstić information content (AvgIpc) is 3.19. The van der Waals surface area contributed by atoms with Crippen LogP contribution in [0.2, 0.25) is 5.02 Å². The first-order valence-corrected chi connectivity index (χ1v) is 11.3. The van der Waals surface area contributed by atoms with E-state index in [1.807, 2.05) is 0 Å². The molecule has 9 nitrogen and oxygen atoms in total. The van der Waals surface area contributed by atoms with Gasteiger partial charge in [-0.15, -0.1) is 0 Å². The number of hydrogen-bond acceptors (Lipinski definition) is 7. The number of halogens is 3. The highest BCUT2D eigenvalue weighted by molar-refractivity contribution is 7.92. The van der Waals surface area contributed by atoms with E-state index in [0.29, 0.717) is 10.9 Å². The minimum Gasteiger partial charge on any atom is -0.480 e. The molecule has 0 saturated carbocycles. The van der Waals surface area contributed by atoms with Crippen molar-refractivity contribution in [1.29, 1.82) is 0 Å². The predicted molar refractivity (Wildman–Crippen MR) is 122 cm³/mol. The molecule has 13 heteroatoms. The van der Waals surface area contributed by atoms with Crippen LogP contribution < -0.4 is 15.2 Å². The number of nitrogen functional groups attached to an aromatic ring is 1. The summed E-state index contributed by atoms with van der Waals surface area (Å²) in [7, 11) is -1.51. The number of hydrogen-bond donors (Lipinski definition) is 2. The second kappa shape index (κ2) is 8.77. The third-order valence-electron chi connectivity index (χ3n) is 4.62. The Hall–Kier alpha value is -3.95. The van der Waals surface area contributed by atoms with Gasteiger partial charge in [-0.05, 0) is 18.2 Å². The molecule has 0 aliphatic carbocycles. The molecule has 4 rings (SSSR count). The molecule has 0 radical (unpaired) electrons. The lowest BCUT2D eigenvalue weighted by Crippen LogP contribution is -2.16. The fraction of sp³-hybridized carbons (Fsp3) is 0.0952. The summed E-state index contributed by atoms with van der Waals surface area (Å²) in [5.74, 6) is 2.79. The van der Waals surface area contributed by atoms with Gasteiger partial charge in [-0.2, -0.15) is 5.10 Å². The van der Waals surface area contributed by atoms with Gasteiger partial charge in [0.05, 0.1) is 34.3 Å². The summed E-state index contributed by atoms with van der Waals surface area (Å²) < 4.78 is 63.7.